The third-order valence-electron chi connectivity index (χ3n) is 3.34. The fourth-order valence-corrected chi connectivity index (χ4v) is 2.39. The van der Waals surface area contributed by atoms with Gasteiger partial charge in [-0.2, -0.15) is 0 Å². The van der Waals surface area contributed by atoms with Gasteiger partial charge in [-0.15, -0.1) is 0 Å². The minimum atomic E-state index is -0.223. The quantitative estimate of drug-likeness (QED) is 0.781. The topological polar surface area (TPSA) is 55.6 Å². The van der Waals surface area contributed by atoms with Crippen molar-refractivity contribution in [3.8, 4) is 5.75 Å². The summed E-state index contributed by atoms with van der Waals surface area (Å²) >= 11 is 5.92. The molecular formula is C17H16ClN3O2. The second-order valence-corrected chi connectivity index (χ2v) is 5.44. The van der Waals surface area contributed by atoms with E-state index in [1.54, 1.807) is 28.9 Å². The van der Waals surface area contributed by atoms with E-state index in [1.807, 2.05) is 31.2 Å². The number of benzene rings is 1. The number of carbonyl (C=O) groups excluding carboxylic acids is 1. The maximum Gasteiger partial charge on any atom is 0.271 e. The molecule has 2 aromatic heterocycles. The van der Waals surface area contributed by atoms with Crippen LogP contribution < -0.4 is 10.1 Å². The molecule has 6 heteroatoms. The number of hydrogen-bond donors (Lipinski definition) is 1. The summed E-state index contributed by atoms with van der Waals surface area (Å²) in [6, 6.07) is 11.1. The predicted molar refractivity (Wildman–Crippen MR) is 89.0 cm³/mol. The molecule has 118 valence electrons. The third-order valence-corrected chi connectivity index (χ3v) is 3.56. The molecule has 3 rings (SSSR count). The Hall–Kier alpha value is -2.53. The van der Waals surface area contributed by atoms with Gasteiger partial charge >= 0.3 is 0 Å². The Balaban J connectivity index is 1.65. The summed E-state index contributed by atoms with van der Waals surface area (Å²) in [5, 5.41) is 3.45. The van der Waals surface area contributed by atoms with Crippen LogP contribution in [0.25, 0.3) is 5.65 Å². The normalized spacial score (nSPS) is 10.7. The van der Waals surface area contributed by atoms with E-state index in [0.29, 0.717) is 29.5 Å². The van der Waals surface area contributed by atoms with Crippen molar-refractivity contribution in [2.45, 2.75) is 13.5 Å². The summed E-state index contributed by atoms with van der Waals surface area (Å²) in [6.45, 7) is 3.00. The minimum absolute atomic E-state index is 0.223. The molecular weight excluding hydrogens is 314 g/mol. The fraction of sp³-hybridized carbons (Fsp3) is 0.176. The van der Waals surface area contributed by atoms with Crippen molar-refractivity contribution in [2.24, 2.45) is 0 Å². The van der Waals surface area contributed by atoms with E-state index < -0.39 is 0 Å². The molecule has 0 bridgehead atoms. The van der Waals surface area contributed by atoms with Gasteiger partial charge in [0.05, 0.1) is 11.6 Å². The summed E-state index contributed by atoms with van der Waals surface area (Å²) in [7, 11) is 0. The number of aromatic nitrogens is 2. The number of nitrogens with one attached hydrogen (secondary N) is 1. The summed E-state index contributed by atoms with van der Waals surface area (Å²) in [5.41, 5.74) is 2.03. The average molecular weight is 330 g/mol. The number of pyridine rings is 1. The zero-order valence-corrected chi connectivity index (χ0v) is 13.4. The molecule has 0 radical (unpaired) electrons. The van der Waals surface area contributed by atoms with Crippen LogP contribution in [0.1, 0.15) is 23.0 Å². The van der Waals surface area contributed by atoms with E-state index >= 15 is 0 Å². The highest BCUT2D eigenvalue weighted by atomic mass is 35.5. The summed E-state index contributed by atoms with van der Waals surface area (Å²) < 4.78 is 7.12. The standard InChI is InChI=1S/C17H16ClN3O2/c1-2-23-14-6-3-12(4-7-14)9-19-17(22)15-11-21-10-13(18)5-8-16(21)20-15/h3-8,10-11H,2,9H2,1H3,(H,19,22). The first kappa shape index (κ1) is 15.4. The van der Waals surface area contributed by atoms with Gasteiger partial charge in [0.15, 0.2) is 0 Å². The number of amides is 1. The van der Waals surface area contributed by atoms with Gasteiger partial charge < -0.3 is 14.5 Å². The van der Waals surface area contributed by atoms with Crippen LogP contribution in [0.4, 0.5) is 0 Å². The third kappa shape index (κ3) is 3.63. The summed E-state index contributed by atoms with van der Waals surface area (Å²) in [4.78, 5) is 16.5. The van der Waals surface area contributed by atoms with Gasteiger partial charge in [-0.05, 0) is 36.8 Å². The second-order valence-electron chi connectivity index (χ2n) is 5.00. The van der Waals surface area contributed by atoms with Crippen molar-refractivity contribution in [3.63, 3.8) is 0 Å². The molecule has 5 nitrogen and oxygen atoms in total. The lowest BCUT2D eigenvalue weighted by atomic mass is 10.2. The first-order valence-corrected chi connectivity index (χ1v) is 7.67. The maximum atomic E-state index is 12.2. The highest BCUT2D eigenvalue weighted by molar-refractivity contribution is 6.30. The van der Waals surface area contributed by atoms with E-state index in [-0.39, 0.29) is 5.91 Å². The van der Waals surface area contributed by atoms with Crippen LogP contribution in [0.5, 0.6) is 5.75 Å². The van der Waals surface area contributed by atoms with Crippen LogP contribution in [0.3, 0.4) is 0 Å². The molecule has 2 heterocycles. The average Bonchev–Trinajstić information content (AvgIpc) is 2.97. The minimum Gasteiger partial charge on any atom is -0.494 e. The largest absolute Gasteiger partial charge is 0.494 e. The molecule has 0 atom stereocenters. The number of halogens is 1. The predicted octanol–water partition coefficient (Wildman–Crippen LogP) is 3.32. The summed E-state index contributed by atoms with van der Waals surface area (Å²) in [5.74, 6) is 0.596. The summed E-state index contributed by atoms with van der Waals surface area (Å²) in [6.07, 6.45) is 3.38. The number of rotatable bonds is 5. The van der Waals surface area contributed by atoms with Gasteiger partial charge in [-0.3, -0.25) is 4.79 Å². The number of imidazole rings is 1. The highest BCUT2D eigenvalue weighted by Crippen LogP contribution is 2.13. The first-order valence-electron chi connectivity index (χ1n) is 7.30. The second kappa shape index (κ2) is 6.71. The molecule has 0 fully saturated rings. The van der Waals surface area contributed by atoms with E-state index in [0.717, 1.165) is 11.3 Å². The van der Waals surface area contributed by atoms with E-state index in [1.165, 1.54) is 0 Å². The molecule has 1 amide bonds. The fourth-order valence-electron chi connectivity index (χ4n) is 2.22. The molecule has 0 spiro atoms. The van der Waals surface area contributed by atoms with Gasteiger partial charge in [0.1, 0.15) is 17.1 Å². The number of ether oxygens (including phenoxy) is 1. The van der Waals surface area contributed by atoms with Crippen molar-refractivity contribution in [1.82, 2.24) is 14.7 Å². The molecule has 3 aromatic rings. The van der Waals surface area contributed by atoms with Crippen LogP contribution in [0.15, 0.2) is 48.8 Å². The van der Waals surface area contributed by atoms with Crippen LogP contribution in [0.2, 0.25) is 5.02 Å². The highest BCUT2D eigenvalue weighted by Gasteiger charge is 2.10. The monoisotopic (exact) mass is 329 g/mol. The van der Waals surface area contributed by atoms with Gasteiger partial charge in [-0.1, -0.05) is 23.7 Å². The van der Waals surface area contributed by atoms with Crippen molar-refractivity contribution in [1.29, 1.82) is 0 Å². The molecule has 1 aromatic carbocycles. The van der Waals surface area contributed by atoms with E-state index in [9.17, 15) is 4.79 Å². The Labute approximate surface area is 138 Å². The number of hydrogen-bond acceptors (Lipinski definition) is 3. The van der Waals surface area contributed by atoms with Crippen LogP contribution >= 0.6 is 11.6 Å². The lowest BCUT2D eigenvalue weighted by Gasteiger charge is -2.06. The number of fused-ring (bicyclic) bond motifs is 1. The van der Waals surface area contributed by atoms with E-state index in [4.69, 9.17) is 16.3 Å². The Bertz CT molecular complexity index is 827. The van der Waals surface area contributed by atoms with Gasteiger partial charge in [0.25, 0.3) is 5.91 Å². The Morgan fingerprint density at radius 2 is 2.00 bits per heavy atom. The van der Waals surface area contributed by atoms with Crippen molar-refractivity contribution in [2.75, 3.05) is 6.61 Å². The molecule has 0 aliphatic heterocycles. The SMILES string of the molecule is CCOc1ccc(CNC(=O)c2cn3cc(Cl)ccc3n2)cc1. The number of carbonyl (C=O) groups is 1. The van der Waals surface area contributed by atoms with Crippen LogP contribution in [-0.2, 0) is 6.54 Å². The molecule has 1 N–H and O–H groups in total. The lowest BCUT2D eigenvalue weighted by molar-refractivity contribution is 0.0946. The molecule has 0 aliphatic rings. The zero-order valence-electron chi connectivity index (χ0n) is 12.6. The Morgan fingerprint density at radius 3 is 2.74 bits per heavy atom. The first-order chi connectivity index (χ1) is 11.2. The van der Waals surface area contributed by atoms with E-state index in [2.05, 4.69) is 10.3 Å². The molecule has 0 aliphatic carbocycles. The maximum absolute atomic E-state index is 12.2. The van der Waals surface area contributed by atoms with Gasteiger partial charge in [0.2, 0.25) is 0 Å². The molecule has 23 heavy (non-hydrogen) atoms. The Morgan fingerprint density at radius 1 is 1.22 bits per heavy atom. The molecule has 0 saturated carbocycles. The lowest BCUT2D eigenvalue weighted by Crippen LogP contribution is -2.23. The Kier molecular flexibility index (Phi) is 4.48. The van der Waals surface area contributed by atoms with Crippen molar-refractivity contribution in [3.05, 3.63) is 65.1 Å². The zero-order chi connectivity index (χ0) is 16.2. The van der Waals surface area contributed by atoms with Crippen molar-refractivity contribution < 1.29 is 9.53 Å². The van der Waals surface area contributed by atoms with Gasteiger partial charge in [0, 0.05) is 18.9 Å². The smallest absolute Gasteiger partial charge is 0.271 e. The van der Waals surface area contributed by atoms with Crippen molar-refractivity contribution >= 4 is 23.2 Å². The molecule has 0 saturated heterocycles. The van der Waals surface area contributed by atoms with Gasteiger partial charge in [-0.25, -0.2) is 4.98 Å². The molecule has 0 unspecified atom stereocenters. The van der Waals surface area contributed by atoms with Crippen LogP contribution in [0, 0.1) is 0 Å². The van der Waals surface area contributed by atoms with Crippen LogP contribution in [-0.4, -0.2) is 21.9 Å². The number of nitrogens with zero attached hydrogens (tertiary/aromatic N) is 2.